The fraction of sp³-hybridized carbons (Fsp3) is 0.450. The third kappa shape index (κ3) is 3.45. The quantitative estimate of drug-likeness (QED) is 0.906. The molecule has 4 nitrogen and oxygen atoms in total. The Morgan fingerprint density at radius 2 is 1.83 bits per heavy atom. The minimum atomic E-state index is -0.537. The number of aryl methyl sites for hydroxylation is 2. The van der Waals surface area contributed by atoms with E-state index in [0.29, 0.717) is 19.4 Å². The zero-order valence-corrected chi connectivity index (χ0v) is 14.4. The normalized spacial score (nSPS) is 24.2. The highest BCUT2D eigenvalue weighted by molar-refractivity contribution is 5.49. The molecular weight excluding hydrogens is 300 g/mol. The number of hydrogen-bond donors (Lipinski definition) is 2. The second-order valence-corrected chi connectivity index (χ2v) is 7.02. The van der Waals surface area contributed by atoms with E-state index in [0.717, 1.165) is 29.2 Å². The largest absolute Gasteiger partial charge is 0.396 e. The van der Waals surface area contributed by atoms with Gasteiger partial charge in [-0.05, 0) is 44.4 Å². The zero-order chi connectivity index (χ0) is 17.2. The van der Waals surface area contributed by atoms with Gasteiger partial charge in [0.2, 0.25) is 0 Å². The van der Waals surface area contributed by atoms with Crippen molar-refractivity contribution in [2.45, 2.75) is 32.8 Å². The van der Waals surface area contributed by atoms with E-state index in [-0.39, 0.29) is 6.61 Å². The molecule has 2 N–H and O–H groups in total. The van der Waals surface area contributed by atoms with Crippen molar-refractivity contribution in [2.75, 3.05) is 24.6 Å². The van der Waals surface area contributed by atoms with Gasteiger partial charge in [-0.3, -0.25) is 4.98 Å². The Balaban J connectivity index is 1.88. The van der Waals surface area contributed by atoms with Crippen LogP contribution in [-0.2, 0) is 6.42 Å². The van der Waals surface area contributed by atoms with Crippen LogP contribution in [0.15, 0.2) is 42.5 Å². The highest BCUT2D eigenvalue weighted by Crippen LogP contribution is 2.36. The standard InChI is InChI=1S/C20H26N2O2/c1-15-10-18(11-16(2)21-15)22-9-8-19(24)20(13-22,14-23)12-17-6-4-3-5-7-17/h3-7,10-11,19,23-24H,8-9,12-14H2,1-2H3/t19-,20+/m0/s1. The summed E-state index contributed by atoms with van der Waals surface area (Å²) in [5, 5.41) is 20.8. The van der Waals surface area contributed by atoms with Gasteiger partial charge in [-0.2, -0.15) is 0 Å². The number of pyridine rings is 1. The maximum Gasteiger partial charge on any atom is 0.0655 e. The third-order valence-corrected chi connectivity index (χ3v) is 5.03. The number of anilines is 1. The topological polar surface area (TPSA) is 56.6 Å². The van der Waals surface area contributed by atoms with Crippen LogP contribution in [-0.4, -0.2) is 41.0 Å². The van der Waals surface area contributed by atoms with Gasteiger partial charge in [0.15, 0.2) is 0 Å². The van der Waals surface area contributed by atoms with Gasteiger partial charge in [-0.25, -0.2) is 0 Å². The van der Waals surface area contributed by atoms with E-state index < -0.39 is 11.5 Å². The Morgan fingerprint density at radius 1 is 1.17 bits per heavy atom. The van der Waals surface area contributed by atoms with Crippen molar-refractivity contribution >= 4 is 5.69 Å². The fourth-order valence-corrected chi connectivity index (χ4v) is 3.75. The Labute approximate surface area is 143 Å². The second-order valence-electron chi connectivity index (χ2n) is 7.02. The maximum atomic E-state index is 10.7. The van der Waals surface area contributed by atoms with Crippen molar-refractivity contribution in [3.8, 4) is 0 Å². The lowest BCUT2D eigenvalue weighted by Crippen LogP contribution is -2.55. The van der Waals surface area contributed by atoms with Gasteiger partial charge >= 0.3 is 0 Å². The summed E-state index contributed by atoms with van der Waals surface area (Å²) in [7, 11) is 0. The van der Waals surface area contributed by atoms with E-state index >= 15 is 0 Å². The highest BCUT2D eigenvalue weighted by Gasteiger charge is 2.42. The van der Waals surface area contributed by atoms with Gasteiger partial charge in [-0.15, -0.1) is 0 Å². The molecule has 1 fully saturated rings. The minimum absolute atomic E-state index is 0.0252. The van der Waals surface area contributed by atoms with Crippen LogP contribution in [0.1, 0.15) is 23.4 Å². The second kappa shape index (κ2) is 6.91. The van der Waals surface area contributed by atoms with Crippen LogP contribution >= 0.6 is 0 Å². The van der Waals surface area contributed by atoms with Gasteiger partial charge in [0, 0.05) is 35.6 Å². The summed E-state index contributed by atoms with van der Waals surface area (Å²) < 4.78 is 0. The summed E-state index contributed by atoms with van der Waals surface area (Å²) in [4.78, 5) is 6.71. The molecule has 1 aromatic carbocycles. The van der Waals surface area contributed by atoms with Crippen LogP contribution in [0.25, 0.3) is 0 Å². The van der Waals surface area contributed by atoms with E-state index in [9.17, 15) is 10.2 Å². The Bertz CT molecular complexity index is 669. The molecule has 0 aliphatic carbocycles. The van der Waals surface area contributed by atoms with Crippen molar-refractivity contribution in [1.29, 1.82) is 0 Å². The van der Waals surface area contributed by atoms with Gasteiger partial charge < -0.3 is 15.1 Å². The average molecular weight is 326 g/mol. The Hall–Kier alpha value is -1.91. The van der Waals surface area contributed by atoms with Gasteiger partial charge in [0.05, 0.1) is 12.7 Å². The first kappa shape index (κ1) is 16.9. The van der Waals surface area contributed by atoms with E-state index in [2.05, 4.69) is 34.1 Å². The fourth-order valence-electron chi connectivity index (χ4n) is 3.75. The molecule has 1 aliphatic rings. The molecule has 0 spiro atoms. The molecule has 0 bridgehead atoms. The first-order valence-corrected chi connectivity index (χ1v) is 8.55. The molecule has 3 rings (SSSR count). The summed E-state index contributed by atoms with van der Waals surface area (Å²) >= 11 is 0. The minimum Gasteiger partial charge on any atom is -0.396 e. The van der Waals surface area contributed by atoms with Crippen LogP contribution in [0.5, 0.6) is 0 Å². The number of hydrogen-bond acceptors (Lipinski definition) is 4. The molecular formula is C20H26N2O2. The van der Waals surface area contributed by atoms with E-state index in [1.807, 2.05) is 32.0 Å². The number of piperidine rings is 1. The lowest BCUT2D eigenvalue weighted by atomic mass is 9.73. The number of aromatic nitrogens is 1. The summed E-state index contributed by atoms with van der Waals surface area (Å²) in [5.74, 6) is 0. The van der Waals surface area contributed by atoms with E-state index in [1.54, 1.807) is 0 Å². The van der Waals surface area contributed by atoms with Crippen LogP contribution in [0.4, 0.5) is 5.69 Å². The molecule has 2 heterocycles. The molecule has 0 unspecified atom stereocenters. The summed E-state index contributed by atoms with van der Waals surface area (Å²) in [6.45, 7) is 5.41. The summed E-state index contributed by atoms with van der Waals surface area (Å²) in [5.41, 5.74) is 3.72. The summed E-state index contributed by atoms with van der Waals surface area (Å²) in [6.07, 6.45) is 0.835. The monoisotopic (exact) mass is 326 g/mol. The molecule has 1 aromatic heterocycles. The maximum absolute atomic E-state index is 10.7. The van der Waals surface area contributed by atoms with E-state index in [4.69, 9.17) is 0 Å². The van der Waals surface area contributed by atoms with Crippen LogP contribution in [0, 0.1) is 19.3 Å². The highest BCUT2D eigenvalue weighted by atomic mass is 16.3. The first-order valence-electron chi connectivity index (χ1n) is 8.55. The summed E-state index contributed by atoms with van der Waals surface area (Å²) in [6, 6.07) is 14.3. The first-order chi connectivity index (χ1) is 11.5. The molecule has 2 aromatic rings. The van der Waals surface area contributed by atoms with Crippen molar-refractivity contribution in [3.05, 3.63) is 59.4 Å². The molecule has 1 saturated heterocycles. The number of rotatable bonds is 4. The number of benzene rings is 1. The molecule has 0 radical (unpaired) electrons. The van der Waals surface area contributed by atoms with Gasteiger partial charge in [0.1, 0.15) is 0 Å². The third-order valence-electron chi connectivity index (χ3n) is 5.03. The zero-order valence-electron chi connectivity index (χ0n) is 14.4. The predicted molar refractivity (Wildman–Crippen MR) is 96.2 cm³/mol. The molecule has 24 heavy (non-hydrogen) atoms. The molecule has 2 atom stereocenters. The Kier molecular flexibility index (Phi) is 4.88. The van der Waals surface area contributed by atoms with Crippen molar-refractivity contribution < 1.29 is 10.2 Å². The number of nitrogens with zero attached hydrogens (tertiary/aromatic N) is 2. The Morgan fingerprint density at radius 3 is 2.46 bits per heavy atom. The molecule has 0 amide bonds. The van der Waals surface area contributed by atoms with Crippen LogP contribution in [0.3, 0.4) is 0 Å². The molecule has 1 aliphatic heterocycles. The van der Waals surface area contributed by atoms with Crippen molar-refractivity contribution in [3.63, 3.8) is 0 Å². The SMILES string of the molecule is Cc1cc(N2CC[C@H](O)[C@](CO)(Cc3ccccc3)C2)cc(C)n1. The average Bonchev–Trinajstić information content (AvgIpc) is 2.57. The lowest BCUT2D eigenvalue weighted by molar-refractivity contribution is -0.0291. The van der Waals surface area contributed by atoms with Crippen LogP contribution < -0.4 is 4.90 Å². The van der Waals surface area contributed by atoms with Gasteiger partial charge in [-0.1, -0.05) is 30.3 Å². The molecule has 0 saturated carbocycles. The molecule has 128 valence electrons. The smallest absolute Gasteiger partial charge is 0.0655 e. The van der Waals surface area contributed by atoms with Crippen molar-refractivity contribution in [1.82, 2.24) is 4.98 Å². The molecule has 4 heteroatoms. The van der Waals surface area contributed by atoms with Gasteiger partial charge in [0.25, 0.3) is 0 Å². The van der Waals surface area contributed by atoms with Crippen LogP contribution in [0.2, 0.25) is 0 Å². The number of aliphatic hydroxyl groups excluding tert-OH is 2. The van der Waals surface area contributed by atoms with E-state index in [1.165, 1.54) is 0 Å². The van der Waals surface area contributed by atoms with Crippen molar-refractivity contribution in [2.24, 2.45) is 5.41 Å². The lowest BCUT2D eigenvalue weighted by Gasteiger charge is -2.46. The number of aliphatic hydroxyl groups is 2. The predicted octanol–water partition coefficient (Wildman–Crippen LogP) is 2.49.